The van der Waals surface area contributed by atoms with Crippen molar-refractivity contribution in [2.45, 2.75) is 33.3 Å². The highest BCUT2D eigenvalue weighted by Gasteiger charge is 2.15. The van der Waals surface area contributed by atoms with E-state index in [9.17, 15) is 5.26 Å². The van der Waals surface area contributed by atoms with Gasteiger partial charge < -0.3 is 4.74 Å². The molecule has 0 amide bonds. The lowest BCUT2D eigenvalue weighted by Gasteiger charge is -2.11. The molecule has 1 aromatic heterocycles. The van der Waals surface area contributed by atoms with E-state index in [4.69, 9.17) is 16.3 Å². The van der Waals surface area contributed by atoms with E-state index in [0.29, 0.717) is 10.6 Å². The summed E-state index contributed by atoms with van der Waals surface area (Å²) in [5, 5.41) is 18.2. The molecular formula is C16H16ClN3O. The third-order valence-corrected chi connectivity index (χ3v) is 3.62. The van der Waals surface area contributed by atoms with Gasteiger partial charge in [-0.05, 0) is 24.5 Å². The van der Waals surface area contributed by atoms with Crippen LogP contribution in [-0.4, -0.2) is 10.2 Å². The predicted molar refractivity (Wildman–Crippen MR) is 81.3 cm³/mol. The van der Waals surface area contributed by atoms with Gasteiger partial charge in [0.2, 0.25) is 0 Å². The number of halogens is 1. The van der Waals surface area contributed by atoms with Crippen LogP contribution in [-0.2, 0) is 19.4 Å². The van der Waals surface area contributed by atoms with Crippen LogP contribution in [0.4, 0.5) is 0 Å². The van der Waals surface area contributed by atoms with Gasteiger partial charge in [0, 0.05) is 10.6 Å². The molecule has 0 aliphatic rings. The van der Waals surface area contributed by atoms with Gasteiger partial charge in [-0.15, -0.1) is 5.10 Å². The lowest BCUT2D eigenvalue weighted by Crippen LogP contribution is -2.07. The molecule has 4 nitrogen and oxygen atoms in total. The number of aromatic nitrogens is 2. The topological polar surface area (TPSA) is 58.8 Å². The number of benzene rings is 1. The van der Waals surface area contributed by atoms with Crippen LogP contribution in [0.5, 0.6) is 5.88 Å². The number of nitrogens with zero attached hydrogens (tertiary/aromatic N) is 3. The summed E-state index contributed by atoms with van der Waals surface area (Å²) in [7, 11) is 0. The third kappa shape index (κ3) is 3.32. The maximum atomic E-state index is 9.38. The van der Waals surface area contributed by atoms with Crippen molar-refractivity contribution in [2.24, 2.45) is 0 Å². The molecule has 0 N–H and O–H groups in total. The van der Waals surface area contributed by atoms with Crippen molar-refractivity contribution < 1.29 is 4.74 Å². The second-order valence-corrected chi connectivity index (χ2v) is 4.91. The van der Waals surface area contributed by atoms with Crippen LogP contribution in [0.25, 0.3) is 0 Å². The summed E-state index contributed by atoms with van der Waals surface area (Å²) in [6.07, 6.45) is 1.47. The molecule has 108 valence electrons. The van der Waals surface area contributed by atoms with E-state index < -0.39 is 0 Å². The largest absolute Gasteiger partial charge is 0.471 e. The lowest BCUT2D eigenvalue weighted by atomic mass is 10.0. The summed E-state index contributed by atoms with van der Waals surface area (Å²) in [5.74, 6) is 0.270. The van der Waals surface area contributed by atoms with Crippen LogP contribution >= 0.6 is 11.6 Å². The Labute approximate surface area is 129 Å². The van der Waals surface area contributed by atoms with Gasteiger partial charge >= 0.3 is 0 Å². The molecule has 2 rings (SSSR count). The molecular weight excluding hydrogens is 286 g/mol. The summed E-state index contributed by atoms with van der Waals surface area (Å²) < 4.78 is 5.66. The molecule has 21 heavy (non-hydrogen) atoms. The van der Waals surface area contributed by atoms with Crippen molar-refractivity contribution in [1.29, 1.82) is 5.26 Å². The average Bonchev–Trinajstić information content (AvgIpc) is 2.52. The van der Waals surface area contributed by atoms with E-state index in [-0.39, 0.29) is 12.5 Å². The molecule has 1 aromatic carbocycles. The van der Waals surface area contributed by atoms with Gasteiger partial charge in [-0.1, -0.05) is 43.6 Å². The van der Waals surface area contributed by atoms with Gasteiger partial charge in [0.15, 0.2) is 0 Å². The van der Waals surface area contributed by atoms with E-state index in [1.807, 2.05) is 32.0 Å². The molecule has 0 saturated carbocycles. The van der Waals surface area contributed by atoms with Crippen molar-refractivity contribution in [3.8, 4) is 11.9 Å². The smallest absolute Gasteiger partial charge is 0.252 e. The molecule has 0 spiro atoms. The van der Waals surface area contributed by atoms with Crippen LogP contribution in [0.1, 0.15) is 36.2 Å². The molecule has 5 heteroatoms. The molecule has 0 radical (unpaired) electrons. The predicted octanol–water partition coefficient (Wildman–Crippen LogP) is 3.71. The Bertz CT molecular complexity index is 680. The van der Waals surface area contributed by atoms with E-state index in [2.05, 4.69) is 16.3 Å². The molecule has 0 aliphatic carbocycles. The maximum absolute atomic E-state index is 9.38. The number of hydrogen-bond donors (Lipinski definition) is 0. The van der Waals surface area contributed by atoms with Crippen LogP contribution in [0.3, 0.4) is 0 Å². The molecule has 0 saturated heterocycles. The number of rotatable bonds is 5. The van der Waals surface area contributed by atoms with Crippen LogP contribution < -0.4 is 4.74 Å². The monoisotopic (exact) mass is 301 g/mol. The quantitative estimate of drug-likeness (QED) is 0.845. The van der Waals surface area contributed by atoms with Gasteiger partial charge in [-0.25, -0.2) is 0 Å². The minimum absolute atomic E-state index is 0.262. The first kappa shape index (κ1) is 15.3. The first-order chi connectivity index (χ1) is 10.2. The van der Waals surface area contributed by atoms with E-state index in [0.717, 1.165) is 29.7 Å². The van der Waals surface area contributed by atoms with Crippen LogP contribution in [0.15, 0.2) is 24.3 Å². The van der Waals surface area contributed by atoms with Gasteiger partial charge in [-0.2, -0.15) is 10.4 Å². The second-order valence-electron chi connectivity index (χ2n) is 4.50. The summed E-state index contributed by atoms with van der Waals surface area (Å²) in [4.78, 5) is 0. The summed E-state index contributed by atoms with van der Waals surface area (Å²) in [5.41, 5.74) is 3.07. The number of ether oxygens (including phenoxy) is 1. The Balaban J connectivity index is 2.29. The summed E-state index contributed by atoms with van der Waals surface area (Å²) >= 11 is 6.09. The van der Waals surface area contributed by atoms with Gasteiger partial charge in [0.25, 0.3) is 5.88 Å². The van der Waals surface area contributed by atoms with Gasteiger partial charge in [0.1, 0.15) is 18.2 Å². The Kier molecular flexibility index (Phi) is 5.13. The standard InChI is InChI=1S/C16H16ClN3O/c1-3-12-13(9-18)16(20-19-15(12)4-2)21-10-11-7-5-6-8-14(11)17/h5-8H,3-4,10H2,1-2H3. The van der Waals surface area contributed by atoms with Gasteiger partial charge in [0.05, 0.1) is 5.69 Å². The highest BCUT2D eigenvalue weighted by Crippen LogP contribution is 2.23. The van der Waals surface area contributed by atoms with E-state index in [1.54, 1.807) is 6.07 Å². The number of aryl methyl sites for hydroxylation is 1. The van der Waals surface area contributed by atoms with Crippen molar-refractivity contribution in [1.82, 2.24) is 10.2 Å². The molecule has 2 aromatic rings. The van der Waals surface area contributed by atoms with Crippen molar-refractivity contribution in [3.05, 3.63) is 51.7 Å². The van der Waals surface area contributed by atoms with Crippen LogP contribution in [0.2, 0.25) is 5.02 Å². The Morgan fingerprint density at radius 2 is 1.95 bits per heavy atom. The minimum Gasteiger partial charge on any atom is -0.471 e. The zero-order chi connectivity index (χ0) is 15.2. The molecule has 0 aliphatic heterocycles. The molecule has 1 heterocycles. The zero-order valence-electron chi connectivity index (χ0n) is 12.1. The molecule has 0 atom stereocenters. The molecule has 0 fully saturated rings. The van der Waals surface area contributed by atoms with Crippen molar-refractivity contribution in [3.63, 3.8) is 0 Å². The highest BCUT2D eigenvalue weighted by atomic mass is 35.5. The van der Waals surface area contributed by atoms with Gasteiger partial charge in [-0.3, -0.25) is 0 Å². The molecule has 0 bridgehead atoms. The average molecular weight is 302 g/mol. The first-order valence-corrected chi connectivity index (χ1v) is 7.23. The summed E-state index contributed by atoms with van der Waals surface area (Å²) in [6, 6.07) is 9.61. The fourth-order valence-electron chi connectivity index (χ4n) is 2.13. The first-order valence-electron chi connectivity index (χ1n) is 6.85. The fraction of sp³-hybridized carbons (Fsp3) is 0.312. The lowest BCUT2D eigenvalue weighted by molar-refractivity contribution is 0.288. The second kappa shape index (κ2) is 7.05. The normalized spacial score (nSPS) is 10.2. The van der Waals surface area contributed by atoms with Crippen molar-refractivity contribution >= 4 is 11.6 Å². The Hall–Kier alpha value is -2.12. The molecule has 0 unspecified atom stereocenters. The van der Waals surface area contributed by atoms with E-state index in [1.165, 1.54) is 0 Å². The number of hydrogen-bond acceptors (Lipinski definition) is 4. The van der Waals surface area contributed by atoms with Crippen LogP contribution in [0, 0.1) is 11.3 Å². The Morgan fingerprint density at radius 3 is 2.57 bits per heavy atom. The Morgan fingerprint density at radius 1 is 1.19 bits per heavy atom. The SMILES string of the molecule is CCc1nnc(OCc2ccccc2Cl)c(C#N)c1CC. The third-order valence-electron chi connectivity index (χ3n) is 3.25. The maximum Gasteiger partial charge on any atom is 0.252 e. The fourth-order valence-corrected chi connectivity index (χ4v) is 2.32. The van der Waals surface area contributed by atoms with Crippen molar-refractivity contribution in [2.75, 3.05) is 0 Å². The summed E-state index contributed by atoms with van der Waals surface area (Å²) in [6.45, 7) is 4.25. The zero-order valence-corrected chi connectivity index (χ0v) is 12.8. The highest BCUT2D eigenvalue weighted by molar-refractivity contribution is 6.31. The number of nitriles is 1. The minimum atomic E-state index is 0.262. The van der Waals surface area contributed by atoms with E-state index >= 15 is 0 Å².